The number of carbonyl (C=O) groups is 3. The number of imide groups is 1. The van der Waals surface area contributed by atoms with Gasteiger partial charge in [0, 0.05) is 0 Å². The molecule has 0 saturated carbocycles. The second kappa shape index (κ2) is 7.83. The predicted octanol–water partition coefficient (Wildman–Crippen LogP) is 3.81. The van der Waals surface area contributed by atoms with Crippen molar-refractivity contribution in [3.8, 4) is 0 Å². The van der Waals surface area contributed by atoms with E-state index in [1.807, 2.05) is 0 Å². The van der Waals surface area contributed by atoms with E-state index in [0.29, 0.717) is 5.76 Å². The Bertz CT molecular complexity index is 726. The number of nitrogens with zero attached hydrogens (tertiary/aromatic N) is 1. The van der Waals surface area contributed by atoms with Crippen LogP contribution in [0.25, 0.3) is 0 Å². The van der Waals surface area contributed by atoms with Crippen LogP contribution in [-0.2, 0) is 23.5 Å². The van der Waals surface area contributed by atoms with Gasteiger partial charge in [-0.15, -0.1) is 0 Å². The quantitative estimate of drug-likeness (QED) is 0.307. The van der Waals surface area contributed by atoms with Gasteiger partial charge in [-0.25, -0.2) is 4.79 Å². The number of hydrogen-bond acceptors (Lipinski definition) is 6. The van der Waals surface area contributed by atoms with Crippen molar-refractivity contribution < 1.29 is 28.0 Å². The van der Waals surface area contributed by atoms with Crippen LogP contribution in [0.5, 0.6) is 0 Å². The molecular weight excluding hydrogens is 378 g/mol. The first-order valence-electron chi connectivity index (χ1n) is 9.79. The van der Waals surface area contributed by atoms with Gasteiger partial charge in [0.1, 0.15) is 17.4 Å². The van der Waals surface area contributed by atoms with Gasteiger partial charge >= 0.3 is 11.9 Å². The number of hydrogen-bond donors (Lipinski definition) is 0. The molecule has 0 aliphatic carbocycles. The summed E-state index contributed by atoms with van der Waals surface area (Å²) in [7, 11) is -2.17. The monoisotopic (exact) mass is 409 g/mol. The molecule has 0 aromatic carbocycles. The Morgan fingerprint density at radius 3 is 2.21 bits per heavy atom. The zero-order valence-corrected chi connectivity index (χ0v) is 18.8. The fourth-order valence-corrected chi connectivity index (χ4v) is 6.68. The summed E-state index contributed by atoms with van der Waals surface area (Å²) in [4.78, 5) is 39.0. The molecule has 1 saturated heterocycles. The van der Waals surface area contributed by atoms with Crippen LogP contribution in [0.15, 0.2) is 22.8 Å². The molecule has 1 aromatic rings. The Hall–Kier alpha value is -1.93. The van der Waals surface area contributed by atoms with E-state index in [1.54, 1.807) is 39.8 Å². The minimum Gasteiger partial charge on any atom is -0.467 e. The van der Waals surface area contributed by atoms with E-state index in [2.05, 4.69) is 20.8 Å². The second-order valence-corrected chi connectivity index (χ2v) is 13.0. The van der Waals surface area contributed by atoms with Gasteiger partial charge in [-0.2, -0.15) is 0 Å². The Morgan fingerprint density at radius 2 is 1.79 bits per heavy atom. The highest BCUT2D eigenvalue weighted by molar-refractivity contribution is 6.73. The third-order valence-corrected chi connectivity index (χ3v) is 10.1. The SMILES string of the molecule is CC[Si](CC)(CC)O[C@@]1(C)C(=O)N(C(=O)C(=O)OC(C)(C)C)[C@H]1c1ccco1. The number of furan rings is 1. The lowest BCUT2D eigenvalue weighted by Gasteiger charge is -2.54. The summed E-state index contributed by atoms with van der Waals surface area (Å²) in [6.45, 7) is 12.9. The highest BCUT2D eigenvalue weighted by Gasteiger charge is 2.66. The van der Waals surface area contributed by atoms with Crippen LogP contribution < -0.4 is 0 Å². The smallest absolute Gasteiger partial charge is 0.398 e. The van der Waals surface area contributed by atoms with E-state index in [4.69, 9.17) is 13.6 Å². The molecule has 2 atom stereocenters. The summed E-state index contributed by atoms with van der Waals surface area (Å²) in [5.74, 6) is -2.19. The van der Waals surface area contributed by atoms with Crippen LogP contribution in [0.4, 0.5) is 0 Å². The van der Waals surface area contributed by atoms with Gasteiger partial charge in [-0.05, 0) is 58.0 Å². The maximum Gasteiger partial charge on any atom is 0.398 e. The van der Waals surface area contributed by atoms with Crippen LogP contribution in [-0.4, -0.2) is 42.2 Å². The average Bonchev–Trinajstić information content (AvgIpc) is 3.15. The summed E-state index contributed by atoms with van der Waals surface area (Å²) in [6.07, 6.45) is 1.47. The van der Waals surface area contributed by atoms with Gasteiger partial charge in [-0.3, -0.25) is 14.5 Å². The zero-order chi connectivity index (χ0) is 21.3. The van der Waals surface area contributed by atoms with Crippen LogP contribution in [0.3, 0.4) is 0 Å². The summed E-state index contributed by atoms with van der Waals surface area (Å²) in [6, 6.07) is 5.13. The van der Waals surface area contributed by atoms with Crippen LogP contribution >= 0.6 is 0 Å². The van der Waals surface area contributed by atoms with Crippen molar-refractivity contribution in [2.45, 2.75) is 83.8 Å². The largest absolute Gasteiger partial charge is 0.467 e. The predicted molar refractivity (Wildman–Crippen MR) is 106 cm³/mol. The summed E-state index contributed by atoms with van der Waals surface area (Å²) in [5, 5.41) is 0. The molecule has 1 fully saturated rings. The Labute approximate surface area is 167 Å². The number of β-lactam (4-membered cyclic amide) rings is 1. The maximum absolute atomic E-state index is 13.1. The fourth-order valence-electron chi connectivity index (χ4n) is 3.64. The van der Waals surface area contributed by atoms with Crippen LogP contribution in [0.1, 0.15) is 60.3 Å². The van der Waals surface area contributed by atoms with E-state index >= 15 is 0 Å². The highest BCUT2D eigenvalue weighted by atomic mass is 28.4. The molecule has 8 heteroatoms. The Morgan fingerprint density at radius 1 is 1.21 bits per heavy atom. The summed E-state index contributed by atoms with van der Waals surface area (Å²) < 4.78 is 17.2. The number of likely N-dealkylation sites (tertiary alicyclic amines) is 1. The fraction of sp³-hybridized carbons (Fsp3) is 0.650. The molecule has 0 bridgehead atoms. The zero-order valence-electron chi connectivity index (χ0n) is 17.8. The van der Waals surface area contributed by atoms with Gasteiger partial charge < -0.3 is 13.6 Å². The lowest BCUT2D eigenvalue weighted by Crippen LogP contribution is -2.72. The Kier molecular flexibility index (Phi) is 6.25. The van der Waals surface area contributed by atoms with Gasteiger partial charge in [-0.1, -0.05) is 20.8 Å². The molecular formula is C20H31NO6Si. The average molecular weight is 410 g/mol. The third kappa shape index (κ3) is 3.93. The molecule has 28 heavy (non-hydrogen) atoms. The standard InChI is InChI=1S/C20H31NO6Si/c1-8-28(9-2,10-3)27-20(7)15(14-12-11-13-25-14)21(18(20)24)16(22)17(23)26-19(4,5)6/h11-13,15H,8-10H2,1-7H3/t15-,20+/m0/s1. The molecule has 0 radical (unpaired) electrons. The van der Waals surface area contributed by atoms with Crippen LogP contribution in [0, 0.1) is 0 Å². The molecule has 156 valence electrons. The molecule has 1 aliphatic heterocycles. The highest BCUT2D eigenvalue weighted by Crippen LogP contribution is 2.48. The first-order chi connectivity index (χ1) is 12.9. The van der Waals surface area contributed by atoms with Crippen molar-refractivity contribution in [2.75, 3.05) is 0 Å². The van der Waals surface area contributed by atoms with Crippen molar-refractivity contribution in [1.82, 2.24) is 4.90 Å². The number of carbonyl (C=O) groups excluding carboxylic acids is 3. The third-order valence-electron chi connectivity index (χ3n) is 5.39. The molecule has 0 N–H and O–H groups in total. The van der Waals surface area contributed by atoms with Gasteiger partial charge in [0.05, 0.1) is 6.26 Å². The molecule has 2 heterocycles. The molecule has 2 rings (SSSR count). The van der Waals surface area contributed by atoms with Crippen LogP contribution in [0.2, 0.25) is 18.1 Å². The second-order valence-electron chi connectivity index (χ2n) is 8.35. The Balaban J connectivity index is 2.38. The topological polar surface area (TPSA) is 86.0 Å². The molecule has 7 nitrogen and oxygen atoms in total. The molecule has 1 aliphatic rings. The normalized spacial score (nSPS) is 22.8. The van der Waals surface area contributed by atoms with Crippen molar-refractivity contribution >= 4 is 26.1 Å². The molecule has 1 aromatic heterocycles. The lowest BCUT2D eigenvalue weighted by molar-refractivity contribution is -0.198. The number of esters is 1. The van der Waals surface area contributed by atoms with E-state index in [-0.39, 0.29) is 0 Å². The first-order valence-corrected chi connectivity index (χ1v) is 12.3. The minimum atomic E-state index is -2.17. The number of ether oxygens (including phenoxy) is 1. The van der Waals surface area contributed by atoms with Gasteiger partial charge in [0.25, 0.3) is 5.91 Å². The van der Waals surface area contributed by atoms with E-state index < -0.39 is 43.3 Å². The van der Waals surface area contributed by atoms with Crippen molar-refractivity contribution in [3.63, 3.8) is 0 Å². The van der Waals surface area contributed by atoms with E-state index in [1.165, 1.54) is 6.26 Å². The molecule has 2 amide bonds. The van der Waals surface area contributed by atoms with Crippen molar-refractivity contribution in [3.05, 3.63) is 24.2 Å². The number of rotatable bonds is 6. The van der Waals surface area contributed by atoms with Gasteiger partial charge in [0.2, 0.25) is 0 Å². The lowest BCUT2D eigenvalue weighted by atomic mass is 9.82. The van der Waals surface area contributed by atoms with Crippen molar-refractivity contribution in [2.24, 2.45) is 0 Å². The van der Waals surface area contributed by atoms with E-state index in [9.17, 15) is 14.4 Å². The van der Waals surface area contributed by atoms with Gasteiger partial charge in [0.15, 0.2) is 13.9 Å². The maximum atomic E-state index is 13.1. The number of amides is 2. The first kappa shape index (κ1) is 22.4. The molecule has 0 unspecified atom stereocenters. The molecule has 0 spiro atoms. The van der Waals surface area contributed by atoms with Crippen molar-refractivity contribution in [1.29, 1.82) is 0 Å². The van der Waals surface area contributed by atoms with E-state index in [0.717, 1.165) is 23.0 Å². The minimum absolute atomic E-state index is 0.408. The summed E-state index contributed by atoms with van der Waals surface area (Å²) in [5.41, 5.74) is -2.08. The summed E-state index contributed by atoms with van der Waals surface area (Å²) >= 11 is 0.